The second-order valence-corrected chi connectivity index (χ2v) is 2.73. The molecule has 0 aliphatic heterocycles. The van der Waals surface area contributed by atoms with Crippen molar-refractivity contribution >= 4 is 17.8 Å². The highest BCUT2D eigenvalue weighted by Gasteiger charge is 1.94. The number of nitrogens with two attached hydrogens (primary N) is 2. The molecule has 0 radical (unpaired) electrons. The fraction of sp³-hybridized carbons (Fsp3) is 0.111. The standard InChI is InChI=1S/C9H11N3O/c1-6-4-7(2-3-9(11)13)12-8(10)5-6/h2-5H,1H3,(H2,10,12)(H2,11,13). The minimum atomic E-state index is -0.498. The van der Waals surface area contributed by atoms with Crippen LogP contribution in [-0.4, -0.2) is 10.9 Å². The summed E-state index contributed by atoms with van der Waals surface area (Å²) in [6.45, 7) is 1.90. The van der Waals surface area contributed by atoms with Crippen molar-refractivity contribution in [2.24, 2.45) is 5.73 Å². The van der Waals surface area contributed by atoms with E-state index in [-0.39, 0.29) is 0 Å². The Balaban J connectivity index is 2.95. The molecule has 0 saturated carbocycles. The zero-order chi connectivity index (χ0) is 9.84. The van der Waals surface area contributed by atoms with E-state index in [9.17, 15) is 4.79 Å². The van der Waals surface area contributed by atoms with Crippen molar-refractivity contribution in [2.75, 3.05) is 5.73 Å². The van der Waals surface area contributed by atoms with E-state index in [0.29, 0.717) is 11.5 Å². The molecule has 4 nitrogen and oxygen atoms in total. The van der Waals surface area contributed by atoms with Crippen molar-refractivity contribution in [1.82, 2.24) is 4.98 Å². The predicted octanol–water partition coefficient (Wildman–Crippen LogP) is 0.471. The number of hydrogen-bond donors (Lipinski definition) is 2. The molecule has 0 aromatic carbocycles. The summed E-state index contributed by atoms with van der Waals surface area (Å²) in [4.78, 5) is 14.4. The lowest BCUT2D eigenvalue weighted by molar-refractivity contribution is -0.113. The van der Waals surface area contributed by atoms with E-state index >= 15 is 0 Å². The number of rotatable bonds is 2. The number of carbonyl (C=O) groups is 1. The lowest BCUT2D eigenvalue weighted by Gasteiger charge is -1.97. The van der Waals surface area contributed by atoms with E-state index in [0.717, 1.165) is 5.56 Å². The molecule has 0 unspecified atom stereocenters. The third-order valence-electron chi connectivity index (χ3n) is 1.43. The van der Waals surface area contributed by atoms with Crippen LogP contribution in [0.1, 0.15) is 11.3 Å². The van der Waals surface area contributed by atoms with Gasteiger partial charge in [0.2, 0.25) is 5.91 Å². The van der Waals surface area contributed by atoms with Crippen LogP contribution < -0.4 is 11.5 Å². The first-order valence-corrected chi connectivity index (χ1v) is 3.79. The van der Waals surface area contributed by atoms with Crippen molar-refractivity contribution in [3.63, 3.8) is 0 Å². The Labute approximate surface area is 76.3 Å². The maximum Gasteiger partial charge on any atom is 0.241 e. The Hall–Kier alpha value is -1.84. The summed E-state index contributed by atoms with van der Waals surface area (Å²) in [6, 6.07) is 3.57. The Bertz CT molecular complexity index is 338. The van der Waals surface area contributed by atoms with E-state index < -0.39 is 5.91 Å². The van der Waals surface area contributed by atoms with Crippen molar-refractivity contribution in [1.29, 1.82) is 0 Å². The molecule has 1 aromatic rings. The van der Waals surface area contributed by atoms with Gasteiger partial charge >= 0.3 is 0 Å². The average Bonchev–Trinajstić information content (AvgIpc) is 1.99. The van der Waals surface area contributed by atoms with Crippen LogP contribution in [0.5, 0.6) is 0 Å². The number of anilines is 1. The Morgan fingerprint density at radius 2 is 2.23 bits per heavy atom. The average molecular weight is 177 g/mol. The summed E-state index contributed by atoms with van der Waals surface area (Å²) in [5, 5.41) is 0. The minimum absolute atomic E-state index is 0.434. The first kappa shape index (κ1) is 9.25. The van der Waals surface area contributed by atoms with E-state index in [1.165, 1.54) is 12.2 Å². The van der Waals surface area contributed by atoms with Gasteiger partial charge in [0.15, 0.2) is 0 Å². The molecule has 0 saturated heterocycles. The van der Waals surface area contributed by atoms with Crippen molar-refractivity contribution in [2.45, 2.75) is 6.92 Å². The summed E-state index contributed by atoms with van der Waals surface area (Å²) < 4.78 is 0. The smallest absolute Gasteiger partial charge is 0.241 e. The van der Waals surface area contributed by atoms with E-state index in [4.69, 9.17) is 11.5 Å². The van der Waals surface area contributed by atoms with Crippen LogP contribution in [0.15, 0.2) is 18.2 Å². The molecule has 0 fully saturated rings. The zero-order valence-corrected chi connectivity index (χ0v) is 7.32. The summed E-state index contributed by atoms with van der Waals surface area (Å²) in [5.74, 6) is -0.0639. The van der Waals surface area contributed by atoms with Crippen molar-refractivity contribution in [3.05, 3.63) is 29.5 Å². The van der Waals surface area contributed by atoms with Gasteiger partial charge in [0.05, 0.1) is 5.69 Å². The van der Waals surface area contributed by atoms with Gasteiger partial charge in [-0.05, 0) is 30.7 Å². The Kier molecular flexibility index (Phi) is 2.64. The third kappa shape index (κ3) is 2.94. The van der Waals surface area contributed by atoms with Gasteiger partial charge in [0.25, 0.3) is 0 Å². The molecular formula is C9H11N3O. The van der Waals surface area contributed by atoms with Crippen LogP contribution in [0, 0.1) is 6.92 Å². The largest absolute Gasteiger partial charge is 0.384 e. The van der Waals surface area contributed by atoms with E-state index in [1.807, 2.05) is 13.0 Å². The highest BCUT2D eigenvalue weighted by Crippen LogP contribution is 2.07. The number of nitrogen functional groups attached to an aromatic ring is 1. The third-order valence-corrected chi connectivity index (χ3v) is 1.43. The lowest BCUT2D eigenvalue weighted by atomic mass is 10.2. The van der Waals surface area contributed by atoms with Gasteiger partial charge in [0, 0.05) is 6.08 Å². The summed E-state index contributed by atoms with van der Waals surface area (Å²) >= 11 is 0. The van der Waals surface area contributed by atoms with Crippen molar-refractivity contribution in [3.8, 4) is 0 Å². The van der Waals surface area contributed by atoms with Gasteiger partial charge in [-0.15, -0.1) is 0 Å². The number of amides is 1. The number of primary amides is 1. The molecule has 0 bridgehead atoms. The molecular weight excluding hydrogens is 166 g/mol. The molecule has 0 aliphatic carbocycles. The highest BCUT2D eigenvalue weighted by atomic mass is 16.1. The monoisotopic (exact) mass is 177 g/mol. The highest BCUT2D eigenvalue weighted by molar-refractivity contribution is 5.90. The van der Waals surface area contributed by atoms with Gasteiger partial charge < -0.3 is 11.5 Å². The Morgan fingerprint density at radius 1 is 1.54 bits per heavy atom. The number of hydrogen-bond acceptors (Lipinski definition) is 3. The van der Waals surface area contributed by atoms with Gasteiger partial charge in [-0.2, -0.15) is 0 Å². The fourth-order valence-corrected chi connectivity index (χ4v) is 0.975. The first-order valence-electron chi connectivity index (χ1n) is 3.79. The number of aromatic nitrogens is 1. The van der Waals surface area contributed by atoms with Crippen molar-refractivity contribution < 1.29 is 4.79 Å². The molecule has 68 valence electrons. The normalized spacial score (nSPS) is 10.5. The molecule has 0 atom stereocenters. The number of carbonyl (C=O) groups excluding carboxylic acids is 1. The maximum atomic E-state index is 10.4. The quantitative estimate of drug-likeness (QED) is 0.644. The molecule has 1 heterocycles. The van der Waals surface area contributed by atoms with Crippen LogP contribution in [0.2, 0.25) is 0 Å². The zero-order valence-electron chi connectivity index (χ0n) is 7.32. The second-order valence-electron chi connectivity index (χ2n) is 2.73. The van der Waals surface area contributed by atoms with Gasteiger partial charge in [0.1, 0.15) is 5.82 Å². The summed E-state index contributed by atoms with van der Waals surface area (Å²) in [6.07, 6.45) is 2.78. The SMILES string of the molecule is Cc1cc(N)nc(C=CC(N)=O)c1. The van der Waals surface area contributed by atoms with Gasteiger partial charge in [-0.3, -0.25) is 4.79 Å². The number of nitrogens with zero attached hydrogens (tertiary/aromatic N) is 1. The molecule has 4 N–H and O–H groups in total. The van der Waals surface area contributed by atoms with E-state index in [1.54, 1.807) is 6.07 Å². The molecule has 13 heavy (non-hydrogen) atoms. The summed E-state index contributed by atoms with van der Waals surface area (Å²) in [5.41, 5.74) is 12.1. The number of aryl methyl sites for hydroxylation is 1. The molecule has 1 rings (SSSR count). The Morgan fingerprint density at radius 3 is 2.77 bits per heavy atom. The fourth-order valence-electron chi connectivity index (χ4n) is 0.975. The first-order chi connectivity index (χ1) is 6.08. The van der Waals surface area contributed by atoms with Crippen LogP contribution >= 0.6 is 0 Å². The van der Waals surface area contributed by atoms with Crippen LogP contribution in [0.25, 0.3) is 6.08 Å². The molecule has 0 aliphatic rings. The molecule has 1 aromatic heterocycles. The second kappa shape index (κ2) is 3.71. The predicted molar refractivity (Wildman–Crippen MR) is 51.6 cm³/mol. The van der Waals surface area contributed by atoms with Crippen LogP contribution in [-0.2, 0) is 4.79 Å². The van der Waals surface area contributed by atoms with Gasteiger partial charge in [-0.25, -0.2) is 4.98 Å². The van der Waals surface area contributed by atoms with Crippen LogP contribution in [0.3, 0.4) is 0 Å². The van der Waals surface area contributed by atoms with Gasteiger partial charge in [-0.1, -0.05) is 0 Å². The maximum absolute atomic E-state index is 10.4. The molecule has 4 heteroatoms. The molecule has 1 amide bonds. The lowest BCUT2D eigenvalue weighted by Crippen LogP contribution is -2.05. The topological polar surface area (TPSA) is 82.0 Å². The summed E-state index contributed by atoms with van der Waals surface area (Å²) in [7, 11) is 0. The van der Waals surface area contributed by atoms with E-state index in [2.05, 4.69) is 4.98 Å². The minimum Gasteiger partial charge on any atom is -0.384 e. The number of pyridine rings is 1. The molecule has 0 spiro atoms. The van der Waals surface area contributed by atoms with Crippen LogP contribution in [0.4, 0.5) is 5.82 Å².